The molecule has 0 amide bonds. The third-order valence-electron chi connectivity index (χ3n) is 2.55. The average molecular weight is 319 g/mol. The number of nitrogens with one attached hydrogen (secondary N) is 2. The van der Waals surface area contributed by atoms with Gasteiger partial charge in [0.25, 0.3) is 0 Å². The second kappa shape index (κ2) is 5.86. The van der Waals surface area contributed by atoms with Crippen molar-refractivity contribution in [2.45, 2.75) is 19.4 Å². The summed E-state index contributed by atoms with van der Waals surface area (Å²) in [5.74, 6) is -2.34. The van der Waals surface area contributed by atoms with E-state index in [-0.39, 0.29) is 17.9 Å². The Bertz CT molecular complexity index is 659. The Morgan fingerprint density at radius 2 is 2.00 bits per heavy atom. The van der Waals surface area contributed by atoms with Crippen LogP contribution in [0.25, 0.3) is 0 Å². The largest absolute Gasteiger partial charge is 0.478 e. The molecule has 0 bridgehead atoms. The minimum Gasteiger partial charge on any atom is -0.478 e. The molecule has 0 saturated carbocycles. The molecule has 1 aromatic rings. The van der Waals surface area contributed by atoms with Crippen molar-refractivity contribution < 1.29 is 22.7 Å². The SMILES string of the molecule is CC(C)(CNc1cc(F)c(C(=O)O)cc1N)NS(C)(=O)=O. The number of nitrogens with two attached hydrogens (primary N) is 1. The van der Waals surface area contributed by atoms with Crippen molar-refractivity contribution in [2.24, 2.45) is 0 Å². The number of anilines is 2. The Labute approximate surface area is 122 Å². The maximum absolute atomic E-state index is 13.6. The van der Waals surface area contributed by atoms with Crippen molar-refractivity contribution in [3.63, 3.8) is 0 Å². The number of sulfonamides is 1. The van der Waals surface area contributed by atoms with Gasteiger partial charge in [0, 0.05) is 12.1 Å². The highest BCUT2D eigenvalue weighted by molar-refractivity contribution is 7.88. The van der Waals surface area contributed by atoms with Crippen LogP contribution in [0.4, 0.5) is 15.8 Å². The Hall–Kier alpha value is -1.87. The highest BCUT2D eigenvalue weighted by Gasteiger charge is 2.22. The maximum Gasteiger partial charge on any atom is 0.338 e. The summed E-state index contributed by atoms with van der Waals surface area (Å²) in [6.45, 7) is 3.41. The van der Waals surface area contributed by atoms with Gasteiger partial charge >= 0.3 is 5.97 Å². The molecule has 0 saturated heterocycles. The summed E-state index contributed by atoms with van der Waals surface area (Å²) in [5.41, 5.74) is 4.55. The fraction of sp³-hybridized carbons (Fsp3) is 0.417. The van der Waals surface area contributed by atoms with Crippen LogP contribution in [-0.4, -0.2) is 37.8 Å². The van der Waals surface area contributed by atoms with Crippen LogP contribution in [0, 0.1) is 5.82 Å². The molecule has 0 aliphatic carbocycles. The van der Waals surface area contributed by atoms with Gasteiger partial charge in [0.2, 0.25) is 10.0 Å². The summed E-state index contributed by atoms with van der Waals surface area (Å²) < 4.78 is 38.4. The van der Waals surface area contributed by atoms with Crippen LogP contribution >= 0.6 is 0 Å². The third kappa shape index (κ3) is 5.20. The highest BCUT2D eigenvalue weighted by atomic mass is 32.2. The molecule has 0 spiro atoms. The molecular formula is C12H18FN3O4S. The number of rotatable bonds is 6. The van der Waals surface area contributed by atoms with Crippen LogP contribution in [-0.2, 0) is 10.0 Å². The van der Waals surface area contributed by atoms with Crippen molar-refractivity contribution in [2.75, 3.05) is 23.9 Å². The fourth-order valence-electron chi connectivity index (χ4n) is 1.76. The molecule has 0 aromatic heterocycles. The molecule has 21 heavy (non-hydrogen) atoms. The first-order valence-electron chi connectivity index (χ1n) is 5.96. The van der Waals surface area contributed by atoms with Crippen LogP contribution in [0.5, 0.6) is 0 Å². The molecule has 1 aromatic carbocycles. The van der Waals surface area contributed by atoms with Gasteiger partial charge in [-0.3, -0.25) is 0 Å². The minimum absolute atomic E-state index is 0.0592. The molecule has 0 aliphatic rings. The summed E-state index contributed by atoms with van der Waals surface area (Å²) >= 11 is 0. The zero-order valence-corrected chi connectivity index (χ0v) is 12.7. The second-order valence-corrected chi connectivity index (χ2v) is 7.08. The summed E-state index contributed by atoms with van der Waals surface area (Å²) in [6, 6.07) is 1.98. The van der Waals surface area contributed by atoms with Gasteiger partial charge in [-0.2, -0.15) is 0 Å². The molecule has 0 unspecified atom stereocenters. The van der Waals surface area contributed by atoms with Crippen LogP contribution in [0.15, 0.2) is 12.1 Å². The van der Waals surface area contributed by atoms with E-state index in [2.05, 4.69) is 10.0 Å². The molecule has 9 heteroatoms. The van der Waals surface area contributed by atoms with Gasteiger partial charge in [-0.15, -0.1) is 0 Å². The third-order valence-corrected chi connectivity index (χ3v) is 3.48. The van der Waals surface area contributed by atoms with E-state index in [1.807, 2.05) is 0 Å². The smallest absolute Gasteiger partial charge is 0.338 e. The Kier molecular flexibility index (Phi) is 4.79. The first kappa shape index (κ1) is 17.2. The zero-order valence-electron chi connectivity index (χ0n) is 11.9. The van der Waals surface area contributed by atoms with Crippen LogP contribution < -0.4 is 15.8 Å². The number of carboxylic acids is 1. The molecular weight excluding hydrogens is 301 g/mol. The van der Waals surface area contributed by atoms with E-state index in [9.17, 15) is 17.6 Å². The number of hydrogen-bond donors (Lipinski definition) is 4. The van der Waals surface area contributed by atoms with Crippen molar-refractivity contribution in [3.8, 4) is 0 Å². The number of carboxylic acid groups (broad SMARTS) is 1. The van der Waals surface area contributed by atoms with Gasteiger partial charge in [0.1, 0.15) is 5.82 Å². The molecule has 0 aliphatic heterocycles. The van der Waals surface area contributed by atoms with Gasteiger partial charge in [-0.05, 0) is 26.0 Å². The monoisotopic (exact) mass is 319 g/mol. The molecule has 0 atom stereocenters. The predicted molar refractivity (Wildman–Crippen MR) is 78.3 cm³/mol. The number of aromatic carboxylic acids is 1. The van der Waals surface area contributed by atoms with E-state index >= 15 is 0 Å². The molecule has 5 N–H and O–H groups in total. The summed E-state index contributed by atoms with van der Waals surface area (Å²) in [5, 5.41) is 11.6. The number of benzene rings is 1. The van der Waals surface area contributed by atoms with Crippen molar-refractivity contribution in [1.82, 2.24) is 4.72 Å². The normalized spacial score (nSPS) is 12.2. The van der Waals surface area contributed by atoms with E-state index in [1.54, 1.807) is 13.8 Å². The number of halogens is 1. The first-order chi connectivity index (χ1) is 9.41. The lowest BCUT2D eigenvalue weighted by atomic mass is 10.1. The fourth-order valence-corrected chi connectivity index (χ4v) is 2.84. The second-order valence-electron chi connectivity index (χ2n) is 5.34. The van der Waals surface area contributed by atoms with E-state index in [0.29, 0.717) is 0 Å². The molecule has 0 heterocycles. The lowest BCUT2D eigenvalue weighted by Gasteiger charge is -2.26. The molecule has 1 rings (SSSR count). The summed E-state index contributed by atoms with van der Waals surface area (Å²) in [4.78, 5) is 10.8. The molecule has 0 radical (unpaired) electrons. The van der Waals surface area contributed by atoms with E-state index < -0.39 is 32.9 Å². The number of nitrogen functional groups attached to an aromatic ring is 1. The van der Waals surface area contributed by atoms with E-state index in [1.165, 1.54) is 0 Å². The lowest BCUT2D eigenvalue weighted by molar-refractivity contribution is 0.0692. The maximum atomic E-state index is 13.6. The minimum atomic E-state index is -3.40. The van der Waals surface area contributed by atoms with Crippen LogP contribution in [0.2, 0.25) is 0 Å². The van der Waals surface area contributed by atoms with Gasteiger partial charge in [0.15, 0.2) is 0 Å². The Morgan fingerprint density at radius 3 is 2.48 bits per heavy atom. The average Bonchev–Trinajstić information content (AvgIpc) is 2.26. The highest BCUT2D eigenvalue weighted by Crippen LogP contribution is 2.23. The van der Waals surface area contributed by atoms with Crippen LogP contribution in [0.3, 0.4) is 0 Å². The van der Waals surface area contributed by atoms with Gasteiger partial charge < -0.3 is 16.2 Å². The zero-order chi connectivity index (χ0) is 16.4. The molecule has 118 valence electrons. The lowest BCUT2D eigenvalue weighted by Crippen LogP contribution is -2.47. The summed E-state index contributed by atoms with van der Waals surface area (Å²) in [7, 11) is -3.40. The topological polar surface area (TPSA) is 122 Å². The van der Waals surface area contributed by atoms with Gasteiger partial charge in [0.05, 0.1) is 23.2 Å². The van der Waals surface area contributed by atoms with E-state index in [4.69, 9.17) is 10.8 Å². The van der Waals surface area contributed by atoms with Gasteiger partial charge in [-0.1, -0.05) is 0 Å². The van der Waals surface area contributed by atoms with Crippen molar-refractivity contribution >= 4 is 27.4 Å². The first-order valence-corrected chi connectivity index (χ1v) is 7.85. The standard InChI is InChI=1S/C12H18FN3O4S/c1-12(2,16-21(3,19)20)6-15-10-5-8(13)7(11(17)18)4-9(10)14/h4-5,15-16H,6,14H2,1-3H3,(H,17,18). The van der Waals surface area contributed by atoms with Crippen molar-refractivity contribution in [1.29, 1.82) is 0 Å². The van der Waals surface area contributed by atoms with E-state index in [0.717, 1.165) is 18.4 Å². The molecule has 0 fully saturated rings. The quantitative estimate of drug-likeness (QED) is 0.577. The predicted octanol–water partition coefficient (Wildman–Crippen LogP) is 0.846. The Balaban J connectivity index is 2.90. The van der Waals surface area contributed by atoms with Crippen LogP contribution in [0.1, 0.15) is 24.2 Å². The number of carbonyl (C=O) groups is 1. The van der Waals surface area contributed by atoms with Gasteiger partial charge in [-0.25, -0.2) is 22.3 Å². The Morgan fingerprint density at radius 1 is 1.43 bits per heavy atom. The molecule has 7 nitrogen and oxygen atoms in total. The number of hydrogen-bond acceptors (Lipinski definition) is 5. The summed E-state index contributed by atoms with van der Waals surface area (Å²) in [6.07, 6.45) is 1.03. The van der Waals surface area contributed by atoms with Crippen molar-refractivity contribution in [3.05, 3.63) is 23.5 Å².